The Balaban J connectivity index is 0.764. The molecule has 0 bridgehead atoms. The maximum Gasteiger partial charge on any atom is 0.304 e. The number of carbonyl (C=O) groups is 4. The summed E-state index contributed by atoms with van der Waals surface area (Å²) in [6.07, 6.45) is 0.0488. The average Bonchev–Trinajstić information content (AvgIpc) is 4.22. The Kier molecular flexibility index (Phi) is 14.5. The number of thiazole rings is 1. The van der Waals surface area contributed by atoms with Gasteiger partial charge in [0.2, 0.25) is 17.7 Å². The molecule has 1 saturated carbocycles. The first kappa shape index (κ1) is 52.6. The minimum atomic E-state index is -1.25. The fraction of sp³-hybridized carbons (Fsp3) is 0.382. The van der Waals surface area contributed by atoms with Crippen molar-refractivity contribution in [3.05, 3.63) is 134 Å². The molecule has 4 amide bonds. The van der Waals surface area contributed by atoms with Gasteiger partial charge in [0.05, 0.1) is 47.0 Å². The molecule has 1 aliphatic carbocycles. The van der Waals surface area contributed by atoms with Crippen molar-refractivity contribution in [1.82, 2.24) is 40.3 Å². The lowest BCUT2D eigenvalue weighted by molar-refractivity contribution is -0.145. The first-order valence-electron chi connectivity index (χ1n) is 25.1. The van der Waals surface area contributed by atoms with E-state index in [9.17, 15) is 29.4 Å². The predicted octanol–water partition coefficient (Wildman–Crippen LogP) is 7.85. The van der Waals surface area contributed by atoms with E-state index in [4.69, 9.17) is 31.6 Å². The molecule has 10 rings (SSSR count). The van der Waals surface area contributed by atoms with Crippen molar-refractivity contribution in [1.29, 1.82) is 0 Å². The fourth-order valence-corrected chi connectivity index (χ4v) is 12.5. The van der Waals surface area contributed by atoms with Crippen LogP contribution in [-0.2, 0) is 21.0 Å². The van der Waals surface area contributed by atoms with Crippen molar-refractivity contribution in [2.45, 2.75) is 123 Å². The van der Waals surface area contributed by atoms with Crippen molar-refractivity contribution in [3.63, 3.8) is 0 Å². The maximum atomic E-state index is 14.5. The molecule has 0 unspecified atom stereocenters. The number of aryl methyl sites for hydroxylation is 2. The molecular weight excluding hydrogens is 1030 g/mol. The van der Waals surface area contributed by atoms with E-state index < -0.39 is 53.4 Å². The van der Waals surface area contributed by atoms with E-state index in [1.807, 2.05) is 66.9 Å². The number of thiophene rings is 1. The van der Waals surface area contributed by atoms with E-state index in [2.05, 4.69) is 39.7 Å². The number of benzene rings is 3. The van der Waals surface area contributed by atoms with E-state index in [0.717, 1.165) is 53.3 Å². The monoisotopic (exact) mass is 1090 g/mol. The van der Waals surface area contributed by atoms with Crippen LogP contribution in [0.25, 0.3) is 26.4 Å². The number of nitrogens with two attached hydrogens (primary N) is 1. The summed E-state index contributed by atoms with van der Waals surface area (Å²) in [5.74, 6) is 6.37. The number of aliphatic hydroxyl groups is 2. The molecule has 2 aliphatic heterocycles. The number of hydrazine groups is 1. The second-order valence-corrected chi connectivity index (χ2v) is 23.4. The molecule has 1 saturated heterocycles. The SMILES string of the molecule is Cc1sc2c(c1C)C(c1ccc(Cl)cc1)=N[C@@H](CC(=O)N[C@H]1C[C@@H](Oc3ccc4oc(C(=O)N(N)[C@H](C(=O)N5C[C@H](O)C[C@H]5C(=O)N[C@@H](C)c5ccc(-c6scnc6CO)cc5)C(C)(C)C)cc4c3)C1)c1nnc(C)n1-2. The van der Waals surface area contributed by atoms with E-state index >= 15 is 0 Å². The maximum absolute atomic E-state index is 14.5. The number of carbonyl (C=O) groups excluding carboxylic acids is 4. The van der Waals surface area contributed by atoms with Crippen molar-refractivity contribution >= 4 is 74.6 Å². The molecule has 6 heterocycles. The van der Waals surface area contributed by atoms with Crippen LogP contribution in [0.4, 0.5) is 0 Å². The lowest BCUT2D eigenvalue weighted by atomic mass is 9.85. The fourth-order valence-electron chi connectivity index (χ4n) is 10.3. The molecule has 18 nitrogen and oxygen atoms in total. The molecule has 0 spiro atoms. The van der Waals surface area contributed by atoms with Crippen LogP contribution in [0.5, 0.6) is 5.75 Å². The molecule has 6 N–H and O–H groups in total. The number of aliphatic imine (C=N–C) groups is 1. The van der Waals surface area contributed by atoms with Crippen LogP contribution in [0.1, 0.15) is 120 Å². The highest BCUT2D eigenvalue weighted by Gasteiger charge is 2.47. The van der Waals surface area contributed by atoms with Crippen LogP contribution in [-0.4, -0.2) is 106 Å². The average molecular weight is 1090 g/mol. The Bertz CT molecular complexity index is 3390. The van der Waals surface area contributed by atoms with Gasteiger partial charge in [-0.2, -0.15) is 0 Å². The molecular formula is C55H59ClN10O8S2. The molecule has 396 valence electrons. The molecule has 7 aromatic rings. The first-order valence-corrected chi connectivity index (χ1v) is 27.2. The van der Waals surface area contributed by atoms with Gasteiger partial charge in [-0.25, -0.2) is 10.8 Å². The van der Waals surface area contributed by atoms with Crippen molar-refractivity contribution in [2.24, 2.45) is 16.3 Å². The number of aromatic nitrogens is 4. The smallest absolute Gasteiger partial charge is 0.304 e. The second-order valence-electron chi connectivity index (χ2n) is 20.9. The predicted molar refractivity (Wildman–Crippen MR) is 289 cm³/mol. The molecule has 2 fully saturated rings. The van der Waals surface area contributed by atoms with Gasteiger partial charge in [-0.15, -0.1) is 32.9 Å². The Morgan fingerprint density at radius 3 is 2.42 bits per heavy atom. The quantitative estimate of drug-likeness (QED) is 0.0397. The summed E-state index contributed by atoms with van der Waals surface area (Å²) in [5.41, 5.74) is 7.22. The molecule has 21 heteroatoms. The standard InChI is InChI=1S/C55H59ClN10O8S2/c1-27-29(3)76-54-46(27)47(32-12-14-35(56)15-13-32)61-40(50-63-62-30(4)65(50)54)23-45(69)60-36-20-39(21-36)73-38-16-17-43-34(18-38)19-44(74-43)52(71)66(57)49(55(5,6)7)53(72)64-24-37(68)22-42(64)51(70)59-28(2)31-8-10-33(11-9-31)48-41(25-67)58-26-75-48/h8-19,26,28,36-37,39-40,42,49,67-68H,20-25,57H2,1-7H3,(H,59,70)(H,60,69)/t28-,36-,37+,39+,40-,42-,49+/m0/s1. The Hall–Kier alpha value is -6.81. The third-order valence-electron chi connectivity index (χ3n) is 14.5. The number of nitrogens with one attached hydrogen (secondary N) is 2. The second kappa shape index (κ2) is 21.0. The van der Waals surface area contributed by atoms with Crippen LogP contribution >= 0.6 is 34.3 Å². The van der Waals surface area contributed by atoms with Crippen LogP contribution in [0, 0.1) is 26.2 Å². The number of halogens is 1. The Labute approximate surface area is 451 Å². The molecule has 3 aliphatic rings. The Morgan fingerprint density at radius 1 is 0.987 bits per heavy atom. The summed E-state index contributed by atoms with van der Waals surface area (Å²) in [5, 5.41) is 38.6. The van der Waals surface area contributed by atoms with Gasteiger partial charge in [0.15, 0.2) is 11.6 Å². The number of hydrogen-bond donors (Lipinski definition) is 5. The van der Waals surface area contributed by atoms with Crippen molar-refractivity contribution in [3.8, 4) is 21.2 Å². The van der Waals surface area contributed by atoms with Gasteiger partial charge in [-0.3, -0.25) is 33.7 Å². The lowest BCUT2D eigenvalue weighted by Crippen LogP contribution is -2.61. The van der Waals surface area contributed by atoms with Crippen LogP contribution in [0.15, 0.2) is 87.7 Å². The highest BCUT2D eigenvalue weighted by molar-refractivity contribution is 7.15. The zero-order valence-electron chi connectivity index (χ0n) is 43.0. The van der Waals surface area contributed by atoms with Gasteiger partial charge in [-0.1, -0.05) is 68.8 Å². The molecule has 4 aromatic heterocycles. The van der Waals surface area contributed by atoms with Gasteiger partial charge in [-0.05, 0) is 86.2 Å². The number of amides is 4. The number of fused-ring (bicyclic) bond motifs is 4. The normalized spacial score (nSPS) is 20.0. The number of furan rings is 1. The van der Waals surface area contributed by atoms with Crippen molar-refractivity contribution < 1.29 is 38.5 Å². The van der Waals surface area contributed by atoms with Crippen LogP contribution in [0.2, 0.25) is 5.02 Å². The van der Waals surface area contributed by atoms with E-state index in [1.54, 1.807) is 61.9 Å². The number of rotatable bonds is 14. The van der Waals surface area contributed by atoms with Crippen LogP contribution < -0.4 is 21.2 Å². The minimum absolute atomic E-state index is 0.00321. The van der Waals surface area contributed by atoms with Gasteiger partial charge >= 0.3 is 5.91 Å². The number of aliphatic hydroxyl groups excluding tert-OH is 2. The van der Waals surface area contributed by atoms with E-state index in [-0.39, 0.29) is 49.8 Å². The summed E-state index contributed by atoms with van der Waals surface area (Å²) in [4.78, 5) is 69.1. The third-order valence-corrected chi connectivity index (χ3v) is 16.8. The number of β-amino-alcohol motifs (C(OH)–C–C–N with tert-alkyl or cyclic N) is 1. The summed E-state index contributed by atoms with van der Waals surface area (Å²) < 4.78 is 14.3. The van der Waals surface area contributed by atoms with Crippen LogP contribution in [0.3, 0.4) is 0 Å². The zero-order valence-corrected chi connectivity index (χ0v) is 45.4. The largest absolute Gasteiger partial charge is 0.490 e. The first-order chi connectivity index (χ1) is 36.3. The van der Waals surface area contributed by atoms with Gasteiger partial charge in [0.25, 0.3) is 0 Å². The molecule has 5 atom stereocenters. The minimum Gasteiger partial charge on any atom is -0.490 e. The number of nitrogens with zero attached hydrogens (tertiary/aromatic N) is 7. The summed E-state index contributed by atoms with van der Waals surface area (Å²) >= 11 is 9.36. The lowest BCUT2D eigenvalue weighted by Gasteiger charge is -2.39. The van der Waals surface area contributed by atoms with E-state index in [1.165, 1.54) is 16.2 Å². The van der Waals surface area contributed by atoms with Gasteiger partial charge in [0, 0.05) is 58.3 Å². The number of hydrogen-bond acceptors (Lipinski definition) is 15. The topological polar surface area (TPSA) is 244 Å². The van der Waals surface area contributed by atoms with Gasteiger partial charge in [0.1, 0.15) is 46.4 Å². The zero-order chi connectivity index (χ0) is 53.9. The molecule has 76 heavy (non-hydrogen) atoms. The van der Waals surface area contributed by atoms with E-state index in [0.29, 0.717) is 51.9 Å². The highest BCUT2D eigenvalue weighted by atomic mass is 35.5. The molecule has 0 radical (unpaired) electrons. The summed E-state index contributed by atoms with van der Waals surface area (Å²) in [6.45, 7) is 12.9. The summed E-state index contributed by atoms with van der Waals surface area (Å²) in [6, 6.07) is 18.4. The summed E-state index contributed by atoms with van der Waals surface area (Å²) in [7, 11) is 0. The highest BCUT2D eigenvalue weighted by Crippen LogP contribution is 2.40. The number of likely N-dealkylation sites (tertiary alicyclic amines) is 1. The van der Waals surface area contributed by atoms with Crippen molar-refractivity contribution in [2.75, 3.05) is 6.54 Å². The number of ether oxygens (including phenoxy) is 1. The Morgan fingerprint density at radius 2 is 1.71 bits per heavy atom. The molecule has 3 aromatic carbocycles. The van der Waals surface area contributed by atoms with Gasteiger partial charge < -0.3 is 34.9 Å². The third kappa shape index (κ3) is 10.3.